The Hall–Kier alpha value is -2.82. The summed E-state index contributed by atoms with van der Waals surface area (Å²) in [4.78, 5) is 34.2. The summed E-state index contributed by atoms with van der Waals surface area (Å²) >= 11 is 0. The lowest BCUT2D eigenvalue weighted by Crippen LogP contribution is -2.41. The van der Waals surface area contributed by atoms with Crippen LogP contribution in [0.2, 0.25) is 0 Å². The van der Waals surface area contributed by atoms with Crippen molar-refractivity contribution in [1.82, 2.24) is 5.32 Å². The van der Waals surface area contributed by atoms with Gasteiger partial charge in [-0.25, -0.2) is 0 Å². The second-order valence-corrected chi connectivity index (χ2v) is 6.05. The molecule has 1 aromatic carbocycles. The third-order valence-electron chi connectivity index (χ3n) is 3.84. The van der Waals surface area contributed by atoms with E-state index in [0.29, 0.717) is 6.61 Å². The minimum absolute atomic E-state index is 0.00506. The summed E-state index contributed by atoms with van der Waals surface area (Å²) < 4.78 is 15.7. The SMILES string of the molecule is C=CCOCC(CC(COCOCC)NC(=O)c1ccc([N+](=O)[O-])cc1)C(=O)O. The molecule has 2 unspecified atom stereocenters. The minimum Gasteiger partial charge on any atom is -0.481 e. The summed E-state index contributed by atoms with van der Waals surface area (Å²) in [6.45, 7) is 5.96. The molecule has 0 saturated carbocycles. The molecule has 0 aliphatic carbocycles. The predicted octanol–water partition coefficient (Wildman–Crippen LogP) is 2.00. The van der Waals surface area contributed by atoms with Crippen molar-refractivity contribution in [3.8, 4) is 0 Å². The first-order chi connectivity index (χ1) is 13.9. The molecule has 29 heavy (non-hydrogen) atoms. The third kappa shape index (κ3) is 9.28. The Bertz CT molecular complexity index is 677. The summed E-state index contributed by atoms with van der Waals surface area (Å²) in [6, 6.07) is 4.46. The lowest BCUT2D eigenvalue weighted by atomic mass is 10.0. The van der Waals surface area contributed by atoms with Crippen molar-refractivity contribution in [1.29, 1.82) is 0 Å². The molecule has 0 aromatic heterocycles. The van der Waals surface area contributed by atoms with Crippen LogP contribution in [0.15, 0.2) is 36.9 Å². The van der Waals surface area contributed by atoms with Gasteiger partial charge in [0.05, 0.1) is 36.7 Å². The number of benzene rings is 1. The molecule has 0 aliphatic rings. The molecular weight excluding hydrogens is 384 g/mol. The van der Waals surface area contributed by atoms with Gasteiger partial charge in [0, 0.05) is 24.3 Å². The molecular formula is C19H26N2O8. The van der Waals surface area contributed by atoms with Crippen LogP contribution >= 0.6 is 0 Å². The normalized spacial score (nSPS) is 12.7. The third-order valence-corrected chi connectivity index (χ3v) is 3.84. The molecule has 2 N–H and O–H groups in total. The number of carboxylic acid groups (broad SMARTS) is 1. The van der Waals surface area contributed by atoms with E-state index < -0.39 is 28.8 Å². The number of nitrogens with one attached hydrogen (secondary N) is 1. The number of hydrogen-bond acceptors (Lipinski definition) is 7. The van der Waals surface area contributed by atoms with Gasteiger partial charge in [0.15, 0.2) is 0 Å². The monoisotopic (exact) mass is 410 g/mol. The molecule has 0 aliphatic heterocycles. The highest BCUT2D eigenvalue weighted by atomic mass is 16.7. The Morgan fingerprint density at radius 3 is 2.48 bits per heavy atom. The number of carboxylic acids is 1. The van der Waals surface area contributed by atoms with Gasteiger partial charge in [0.1, 0.15) is 6.79 Å². The number of non-ortho nitro benzene ring substituents is 1. The summed E-state index contributed by atoms with van der Waals surface area (Å²) in [5, 5.41) is 22.9. The predicted molar refractivity (Wildman–Crippen MR) is 104 cm³/mol. The number of hydrogen-bond donors (Lipinski definition) is 2. The topological polar surface area (TPSA) is 137 Å². The maximum atomic E-state index is 12.5. The summed E-state index contributed by atoms with van der Waals surface area (Å²) in [7, 11) is 0. The van der Waals surface area contributed by atoms with Crippen molar-refractivity contribution in [2.24, 2.45) is 5.92 Å². The quantitative estimate of drug-likeness (QED) is 0.147. The largest absolute Gasteiger partial charge is 0.481 e. The number of nitrogens with zero attached hydrogens (tertiary/aromatic N) is 1. The van der Waals surface area contributed by atoms with Gasteiger partial charge in [-0.2, -0.15) is 0 Å². The fourth-order valence-electron chi connectivity index (χ4n) is 2.38. The van der Waals surface area contributed by atoms with Crippen molar-refractivity contribution in [2.45, 2.75) is 19.4 Å². The molecule has 1 amide bonds. The van der Waals surface area contributed by atoms with E-state index in [1.54, 1.807) is 6.92 Å². The molecule has 0 saturated heterocycles. The van der Waals surface area contributed by atoms with Crippen LogP contribution in [-0.4, -0.2) is 61.2 Å². The fraction of sp³-hybridized carbons (Fsp3) is 0.474. The Kier molecular flexibility index (Phi) is 11.2. The van der Waals surface area contributed by atoms with Crippen molar-refractivity contribution in [3.05, 3.63) is 52.6 Å². The molecule has 0 spiro atoms. The first kappa shape index (κ1) is 24.2. The van der Waals surface area contributed by atoms with Gasteiger partial charge < -0.3 is 24.6 Å². The molecule has 1 rings (SSSR count). The zero-order valence-corrected chi connectivity index (χ0v) is 16.2. The van der Waals surface area contributed by atoms with Crippen LogP contribution in [0, 0.1) is 16.0 Å². The van der Waals surface area contributed by atoms with Crippen molar-refractivity contribution < 1.29 is 33.8 Å². The van der Waals surface area contributed by atoms with Crippen LogP contribution in [-0.2, 0) is 19.0 Å². The van der Waals surface area contributed by atoms with E-state index in [1.165, 1.54) is 30.3 Å². The van der Waals surface area contributed by atoms with Crippen LogP contribution in [0.5, 0.6) is 0 Å². The molecule has 0 radical (unpaired) electrons. The standard InChI is InChI=1S/C19H26N2O8/c1-3-9-28-11-15(19(23)24)10-16(12-29-13-27-4-2)20-18(22)14-5-7-17(8-6-14)21(25)26/h3,5-8,15-16H,1,4,9-13H2,2H3,(H,20,22)(H,23,24). The van der Waals surface area contributed by atoms with E-state index in [9.17, 15) is 24.8 Å². The first-order valence-corrected chi connectivity index (χ1v) is 9.01. The maximum absolute atomic E-state index is 12.5. The van der Waals surface area contributed by atoms with E-state index in [-0.39, 0.29) is 44.3 Å². The zero-order chi connectivity index (χ0) is 21.6. The molecule has 0 fully saturated rings. The summed E-state index contributed by atoms with van der Waals surface area (Å²) in [5.74, 6) is -2.43. The lowest BCUT2D eigenvalue weighted by Gasteiger charge is -2.22. The number of amides is 1. The van der Waals surface area contributed by atoms with Crippen LogP contribution in [0.1, 0.15) is 23.7 Å². The Morgan fingerprint density at radius 1 is 1.24 bits per heavy atom. The Morgan fingerprint density at radius 2 is 1.93 bits per heavy atom. The van der Waals surface area contributed by atoms with Crippen molar-refractivity contribution >= 4 is 17.6 Å². The highest BCUT2D eigenvalue weighted by molar-refractivity contribution is 5.94. The number of nitro benzene ring substituents is 1. The van der Waals surface area contributed by atoms with Crippen LogP contribution in [0.3, 0.4) is 0 Å². The molecule has 10 nitrogen and oxygen atoms in total. The number of ether oxygens (including phenoxy) is 3. The van der Waals surface area contributed by atoms with Gasteiger partial charge in [0.2, 0.25) is 0 Å². The highest BCUT2D eigenvalue weighted by Crippen LogP contribution is 2.14. The van der Waals surface area contributed by atoms with Crippen LogP contribution in [0.25, 0.3) is 0 Å². The number of nitro groups is 1. The number of carbonyl (C=O) groups excluding carboxylic acids is 1. The maximum Gasteiger partial charge on any atom is 0.308 e. The fourth-order valence-corrected chi connectivity index (χ4v) is 2.38. The van der Waals surface area contributed by atoms with Crippen molar-refractivity contribution in [2.75, 3.05) is 33.2 Å². The van der Waals surface area contributed by atoms with E-state index in [0.717, 1.165) is 0 Å². The van der Waals surface area contributed by atoms with Gasteiger partial charge in [-0.1, -0.05) is 6.08 Å². The van der Waals surface area contributed by atoms with E-state index >= 15 is 0 Å². The Labute approximate surface area is 168 Å². The lowest BCUT2D eigenvalue weighted by molar-refractivity contribution is -0.384. The molecule has 160 valence electrons. The number of carbonyl (C=O) groups is 2. The first-order valence-electron chi connectivity index (χ1n) is 9.01. The average molecular weight is 410 g/mol. The molecule has 0 bridgehead atoms. The van der Waals surface area contributed by atoms with E-state index in [2.05, 4.69) is 11.9 Å². The smallest absolute Gasteiger partial charge is 0.308 e. The highest BCUT2D eigenvalue weighted by Gasteiger charge is 2.25. The van der Waals surface area contributed by atoms with Crippen LogP contribution in [0.4, 0.5) is 5.69 Å². The molecule has 2 atom stereocenters. The van der Waals surface area contributed by atoms with Gasteiger partial charge in [0.25, 0.3) is 11.6 Å². The summed E-state index contributed by atoms with van der Waals surface area (Å²) in [5.41, 5.74) is 0.0728. The zero-order valence-electron chi connectivity index (χ0n) is 16.2. The van der Waals surface area contributed by atoms with Gasteiger partial charge in [-0.3, -0.25) is 19.7 Å². The van der Waals surface area contributed by atoms with E-state index in [4.69, 9.17) is 14.2 Å². The molecule has 1 aromatic rings. The minimum atomic E-state index is -1.06. The van der Waals surface area contributed by atoms with Gasteiger partial charge >= 0.3 is 5.97 Å². The Balaban J connectivity index is 2.80. The summed E-state index contributed by atoms with van der Waals surface area (Å²) in [6.07, 6.45) is 1.58. The van der Waals surface area contributed by atoms with Crippen molar-refractivity contribution in [3.63, 3.8) is 0 Å². The molecule has 10 heteroatoms. The second kappa shape index (κ2) is 13.4. The average Bonchev–Trinajstić information content (AvgIpc) is 2.70. The second-order valence-electron chi connectivity index (χ2n) is 6.05. The number of aliphatic carboxylic acids is 1. The van der Waals surface area contributed by atoms with E-state index in [1.807, 2.05) is 0 Å². The van der Waals surface area contributed by atoms with Gasteiger partial charge in [-0.15, -0.1) is 6.58 Å². The number of rotatable bonds is 15. The van der Waals surface area contributed by atoms with Gasteiger partial charge in [-0.05, 0) is 25.5 Å². The van der Waals surface area contributed by atoms with Crippen LogP contribution < -0.4 is 5.32 Å². The molecule has 0 heterocycles.